The fourth-order valence-electron chi connectivity index (χ4n) is 0.192. The van der Waals surface area contributed by atoms with Crippen molar-refractivity contribution in [3.63, 3.8) is 0 Å². The van der Waals surface area contributed by atoms with Crippen LogP contribution < -0.4 is 17.2 Å². The van der Waals surface area contributed by atoms with E-state index in [0.29, 0.717) is 13.0 Å². The molecule has 3 nitrogen and oxygen atoms in total. The minimum absolute atomic E-state index is 0.227. The van der Waals surface area contributed by atoms with Gasteiger partial charge in [0.05, 0.1) is 6.17 Å². The number of nitrogens with two attached hydrogens (primary N) is 3. The Morgan fingerprint density at radius 2 is 1.67 bits per heavy atom. The van der Waals surface area contributed by atoms with Crippen molar-refractivity contribution in [3.05, 3.63) is 0 Å². The van der Waals surface area contributed by atoms with Crippen LogP contribution >= 0.6 is 28.2 Å². The van der Waals surface area contributed by atoms with E-state index in [1.165, 1.54) is 11.3 Å². The quantitative estimate of drug-likeness (QED) is 0.506. The fourth-order valence-corrected chi connectivity index (χ4v) is 0.192. The maximum absolute atomic E-state index is 5.10. The second-order valence-electron chi connectivity index (χ2n) is 1.28. The van der Waals surface area contributed by atoms with Gasteiger partial charge in [0, 0.05) is 0 Å². The van der Waals surface area contributed by atoms with E-state index >= 15 is 0 Å². The fraction of sp³-hybridized carbons (Fsp3) is 1.00. The second-order valence-corrected chi connectivity index (χ2v) is 6.04. The molecule has 0 saturated carbocycles. The van der Waals surface area contributed by atoms with Gasteiger partial charge in [0.25, 0.3) is 0 Å². The van der Waals surface area contributed by atoms with Crippen molar-refractivity contribution in [3.8, 4) is 0 Å². The standard InChI is InChI=1S/C3H11N3.2BrH.Cu/c4-2-1-3(5)6;;;/h3H,1-2,4-6H2;2*1H;/q;;;+2/p-2. The first-order valence-electron chi connectivity index (χ1n) is 2.21. The van der Waals surface area contributed by atoms with Crippen LogP contribution in [0.25, 0.3) is 0 Å². The van der Waals surface area contributed by atoms with Gasteiger partial charge in [-0.15, -0.1) is 0 Å². The Balaban J connectivity index is 0. The Kier molecular flexibility index (Phi) is 17.4. The molecule has 0 aromatic carbocycles. The van der Waals surface area contributed by atoms with Gasteiger partial charge < -0.3 is 17.2 Å². The van der Waals surface area contributed by atoms with Crippen LogP contribution in [0, 0.1) is 0 Å². The molecule has 9 heavy (non-hydrogen) atoms. The van der Waals surface area contributed by atoms with Crippen molar-refractivity contribution in [1.29, 1.82) is 0 Å². The molecule has 0 aromatic heterocycles. The summed E-state index contributed by atoms with van der Waals surface area (Å²) in [4.78, 5) is 0. The number of rotatable bonds is 2. The van der Waals surface area contributed by atoms with Crippen molar-refractivity contribution in [2.75, 3.05) is 6.54 Å². The van der Waals surface area contributed by atoms with Crippen LogP contribution in [0.4, 0.5) is 0 Å². The van der Waals surface area contributed by atoms with Crippen molar-refractivity contribution >= 4 is 28.2 Å². The van der Waals surface area contributed by atoms with Gasteiger partial charge in [-0.3, -0.25) is 0 Å². The molecule has 0 aliphatic carbocycles. The van der Waals surface area contributed by atoms with E-state index in [4.69, 9.17) is 17.2 Å². The average molecular weight is 312 g/mol. The van der Waals surface area contributed by atoms with E-state index in [0.717, 1.165) is 0 Å². The normalized spacial score (nSPS) is 9.11. The second kappa shape index (κ2) is 12.1. The van der Waals surface area contributed by atoms with Gasteiger partial charge in [-0.1, -0.05) is 0 Å². The zero-order chi connectivity index (χ0) is 7.70. The third-order valence-electron chi connectivity index (χ3n) is 0.500. The van der Waals surface area contributed by atoms with Gasteiger partial charge in [0.2, 0.25) is 0 Å². The van der Waals surface area contributed by atoms with Crippen LogP contribution in [0.1, 0.15) is 6.42 Å². The van der Waals surface area contributed by atoms with Gasteiger partial charge in [0.15, 0.2) is 0 Å². The SMILES string of the molecule is NCCC(N)N.[Br][Cu][Br]. The van der Waals surface area contributed by atoms with Crippen molar-refractivity contribution < 1.29 is 11.3 Å². The molecule has 0 heterocycles. The summed E-state index contributed by atoms with van der Waals surface area (Å²) < 4.78 is 0. The zero-order valence-electron chi connectivity index (χ0n) is 4.78. The first-order chi connectivity index (χ1) is 4.18. The number of hydrogen-bond acceptors (Lipinski definition) is 3. The predicted octanol–water partition coefficient (Wildman–Crippen LogP) is 0.267. The van der Waals surface area contributed by atoms with Gasteiger partial charge in [0.1, 0.15) is 0 Å². The van der Waals surface area contributed by atoms with Crippen molar-refractivity contribution in [1.82, 2.24) is 0 Å². The molecule has 0 amide bonds. The molecular weight excluding hydrogens is 301 g/mol. The van der Waals surface area contributed by atoms with Gasteiger partial charge in [-0.25, -0.2) is 0 Å². The molecule has 0 rings (SSSR count). The van der Waals surface area contributed by atoms with Crippen LogP contribution in [0.3, 0.4) is 0 Å². The molecule has 6 N–H and O–H groups in total. The molecule has 0 aliphatic heterocycles. The molecular formula is C3H11Br2CuN3. The Morgan fingerprint density at radius 1 is 1.33 bits per heavy atom. The third-order valence-corrected chi connectivity index (χ3v) is 0.500. The Hall–Kier alpha value is 1.36. The van der Waals surface area contributed by atoms with Gasteiger partial charge in [-0.05, 0) is 13.0 Å². The van der Waals surface area contributed by atoms with Gasteiger partial charge in [-0.2, -0.15) is 0 Å². The average Bonchev–Trinajstić information content (AvgIpc) is 1.67. The molecule has 0 bridgehead atoms. The van der Waals surface area contributed by atoms with Crippen LogP contribution in [0.2, 0.25) is 0 Å². The molecule has 0 atom stereocenters. The van der Waals surface area contributed by atoms with E-state index in [1.54, 1.807) is 0 Å². The van der Waals surface area contributed by atoms with Crippen LogP contribution in [-0.4, -0.2) is 12.7 Å². The summed E-state index contributed by atoms with van der Waals surface area (Å²) in [5, 5.41) is 0. The van der Waals surface area contributed by atoms with E-state index in [9.17, 15) is 0 Å². The molecule has 0 aromatic rings. The summed E-state index contributed by atoms with van der Waals surface area (Å²) in [6, 6.07) is 0. The summed E-state index contributed by atoms with van der Waals surface area (Å²) in [6.45, 7) is 0.581. The Bertz CT molecular complexity index is 46.0. The van der Waals surface area contributed by atoms with Crippen LogP contribution in [0.5, 0.6) is 0 Å². The van der Waals surface area contributed by atoms with E-state index in [-0.39, 0.29) is 6.17 Å². The minimum atomic E-state index is -0.227. The monoisotopic (exact) mass is 310 g/mol. The number of halogens is 2. The van der Waals surface area contributed by atoms with E-state index in [2.05, 4.69) is 28.2 Å². The summed E-state index contributed by atoms with van der Waals surface area (Å²) in [7, 11) is 0. The predicted molar refractivity (Wildman–Crippen MR) is 43.7 cm³/mol. The number of hydrogen-bond donors (Lipinski definition) is 3. The Labute approximate surface area is 75.6 Å². The molecule has 63 valence electrons. The third kappa shape index (κ3) is 26.7. The van der Waals surface area contributed by atoms with Crippen molar-refractivity contribution in [2.45, 2.75) is 12.6 Å². The molecule has 0 saturated heterocycles. The molecule has 0 aliphatic rings. The van der Waals surface area contributed by atoms with E-state index in [1.807, 2.05) is 0 Å². The zero-order valence-corrected chi connectivity index (χ0v) is 8.89. The first kappa shape index (κ1) is 13.0. The summed E-state index contributed by atoms with van der Waals surface area (Å²) in [5.74, 6) is 0. The van der Waals surface area contributed by atoms with Crippen molar-refractivity contribution in [2.24, 2.45) is 17.2 Å². The summed E-state index contributed by atoms with van der Waals surface area (Å²) in [5.41, 5.74) is 15.3. The van der Waals surface area contributed by atoms with Gasteiger partial charge >= 0.3 is 39.6 Å². The summed E-state index contributed by atoms with van der Waals surface area (Å²) in [6.07, 6.45) is 0.481. The molecule has 0 fully saturated rings. The summed E-state index contributed by atoms with van der Waals surface area (Å²) >= 11 is 7.38. The molecule has 0 unspecified atom stereocenters. The molecule has 6 heteroatoms. The molecule has 0 spiro atoms. The topological polar surface area (TPSA) is 78.1 Å². The molecule has 0 radical (unpaired) electrons. The first-order valence-corrected chi connectivity index (χ1v) is 6.87. The maximum atomic E-state index is 5.10. The Morgan fingerprint density at radius 3 is 1.67 bits per heavy atom. The van der Waals surface area contributed by atoms with Crippen LogP contribution in [-0.2, 0) is 11.3 Å². The van der Waals surface area contributed by atoms with Crippen LogP contribution in [0.15, 0.2) is 0 Å². The van der Waals surface area contributed by atoms with E-state index < -0.39 is 0 Å².